The van der Waals surface area contributed by atoms with Gasteiger partial charge in [0.2, 0.25) is 0 Å². The summed E-state index contributed by atoms with van der Waals surface area (Å²) >= 11 is 3.48. The van der Waals surface area contributed by atoms with Crippen LogP contribution in [0.25, 0.3) is 0 Å². The van der Waals surface area contributed by atoms with Crippen LogP contribution in [0.5, 0.6) is 5.75 Å². The van der Waals surface area contributed by atoms with E-state index in [1.54, 1.807) is 7.11 Å². The summed E-state index contributed by atoms with van der Waals surface area (Å²) in [5.41, 5.74) is 0.889. The first-order chi connectivity index (χ1) is 9.85. The summed E-state index contributed by atoms with van der Waals surface area (Å²) in [6, 6.07) is 5.46. The molecule has 1 aliphatic heterocycles. The molecule has 0 bridgehead atoms. The molecule has 0 saturated carbocycles. The summed E-state index contributed by atoms with van der Waals surface area (Å²) in [5.74, 6) is 0.0554. The second-order valence-corrected chi connectivity index (χ2v) is 7.13. The van der Waals surface area contributed by atoms with Gasteiger partial charge < -0.3 is 9.84 Å². The summed E-state index contributed by atoms with van der Waals surface area (Å²) < 4.78 is 6.12. The van der Waals surface area contributed by atoms with Gasteiger partial charge in [-0.1, -0.05) is 19.9 Å². The van der Waals surface area contributed by atoms with E-state index in [2.05, 4.69) is 20.8 Å². The van der Waals surface area contributed by atoms with E-state index >= 15 is 0 Å². The minimum absolute atomic E-state index is 0.201. The van der Waals surface area contributed by atoms with E-state index in [4.69, 9.17) is 4.74 Å². The zero-order valence-corrected chi connectivity index (χ0v) is 14.3. The van der Waals surface area contributed by atoms with Gasteiger partial charge in [0.15, 0.2) is 0 Å². The summed E-state index contributed by atoms with van der Waals surface area (Å²) in [7, 11) is 1.63. The van der Waals surface area contributed by atoms with Crippen LogP contribution in [0.2, 0.25) is 0 Å². The Morgan fingerprint density at radius 1 is 1.52 bits per heavy atom. The summed E-state index contributed by atoms with van der Waals surface area (Å²) in [6.07, 6.45) is 1.99. The first-order valence-electron chi connectivity index (χ1n) is 7.14. The van der Waals surface area contributed by atoms with Crippen molar-refractivity contribution in [1.82, 2.24) is 4.90 Å². The van der Waals surface area contributed by atoms with Crippen LogP contribution in [0.15, 0.2) is 22.7 Å². The average molecular weight is 356 g/mol. The Labute approximate surface area is 134 Å². The number of hydrogen-bond acceptors (Lipinski definition) is 3. The van der Waals surface area contributed by atoms with E-state index in [1.165, 1.54) is 0 Å². The smallest absolute Gasteiger partial charge is 0.321 e. The molecule has 1 aliphatic rings. The highest BCUT2D eigenvalue weighted by Crippen LogP contribution is 2.36. The second kappa shape index (κ2) is 6.36. The fourth-order valence-corrected chi connectivity index (χ4v) is 3.79. The van der Waals surface area contributed by atoms with Gasteiger partial charge in [-0.2, -0.15) is 0 Å². The topological polar surface area (TPSA) is 49.8 Å². The van der Waals surface area contributed by atoms with Crippen molar-refractivity contribution < 1.29 is 14.6 Å². The van der Waals surface area contributed by atoms with Gasteiger partial charge >= 0.3 is 5.97 Å². The zero-order chi connectivity index (χ0) is 15.6. The molecular formula is C16H22BrNO3. The highest BCUT2D eigenvalue weighted by Gasteiger charge is 2.42. The average Bonchev–Trinajstić information content (AvgIpc) is 2.37. The van der Waals surface area contributed by atoms with Crippen molar-refractivity contribution in [2.75, 3.05) is 13.7 Å². The lowest BCUT2D eigenvalue weighted by atomic mass is 9.76. The molecule has 1 unspecified atom stereocenters. The monoisotopic (exact) mass is 355 g/mol. The van der Waals surface area contributed by atoms with Crippen LogP contribution >= 0.6 is 15.9 Å². The molecule has 0 aliphatic carbocycles. The number of piperidine rings is 1. The molecule has 5 heteroatoms. The molecule has 0 amide bonds. The first-order valence-corrected chi connectivity index (χ1v) is 7.94. The number of halogens is 1. The van der Waals surface area contributed by atoms with Crippen molar-refractivity contribution in [3.05, 3.63) is 28.2 Å². The number of ether oxygens (including phenoxy) is 1. The normalized spacial score (nSPS) is 22.0. The quantitative estimate of drug-likeness (QED) is 0.897. The fourth-order valence-electron chi connectivity index (χ4n) is 3.20. The van der Waals surface area contributed by atoms with E-state index in [0.29, 0.717) is 6.54 Å². The molecular weight excluding hydrogens is 334 g/mol. The highest BCUT2D eigenvalue weighted by atomic mass is 79.9. The van der Waals surface area contributed by atoms with Crippen LogP contribution < -0.4 is 4.74 Å². The van der Waals surface area contributed by atoms with Crippen LogP contribution in [-0.2, 0) is 11.3 Å². The third-order valence-corrected chi connectivity index (χ3v) is 4.83. The lowest BCUT2D eigenvalue weighted by Gasteiger charge is -2.44. The predicted octanol–water partition coefficient (Wildman–Crippen LogP) is 3.53. The lowest BCUT2D eigenvalue weighted by Crippen LogP contribution is -2.53. The molecule has 1 saturated heterocycles. The summed E-state index contributed by atoms with van der Waals surface area (Å²) in [5, 5.41) is 9.59. The van der Waals surface area contributed by atoms with Gasteiger partial charge in [-0.25, -0.2) is 0 Å². The number of nitrogens with zero attached hydrogens (tertiary/aromatic N) is 1. The number of carbonyl (C=O) groups is 1. The molecule has 1 N–H and O–H groups in total. The Bertz CT molecular complexity index is 530. The van der Waals surface area contributed by atoms with Gasteiger partial charge in [0, 0.05) is 6.54 Å². The molecule has 0 aromatic heterocycles. The molecule has 116 valence electrons. The molecule has 2 rings (SSSR count). The molecule has 1 aromatic carbocycles. The SMILES string of the molecule is COc1ccc(CN2CCCC(C)(C)C2C(=O)O)cc1Br. The van der Waals surface area contributed by atoms with Crippen molar-refractivity contribution in [2.45, 2.75) is 39.3 Å². The third-order valence-electron chi connectivity index (χ3n) is 4.21. The summed E-state index contributed by atoms with van der Waals surface area (Å²) in [4.78, 5) is 13.7. The standard InChI is InChI=1S/C16H22BrNO3/c1-16(2)7-4-8-18(14(16)15(19)20)10-11-5-6-13(21-3)12(17)9-11/h5-6,9,14H,4,7-8,10H2,1-3H3,(H,19,20). The van der Waals surface area contributed by atoms with E-state index in [-0.39, 0.29) is 5.41 Å². The fraction of sp³-hybridized carbons (Fsp3) is 0.562. The second-order valence-electron chi connectivity index (χ2n) is 6.27. The largest absolute Gasteiger partial charge is 0.496 e. The number of hydrogen-bond donors (Lipinski definition) is 1. The minimum Gasteiger partial charge on any atom is -0.496 e. The molecule has 1 atom stereocenters. The van der Waals surface area contributed by atoms with Crippen LogP contribution in [0.1, 0.15) is 32.3 Å². The molecule has 1 aromatic rings. The van der Waals surface area contributed by atoms with Crippen LogP contribution in [0, 0.1) is 5.41 Å². The van der Waals surface area contributed by atoms with Crippen molar-refractivity contribution in [3.8, 4) is 5.75 Å². The number of likely N-dealkylation sites (tertiary alicyclic amines) is 1. The molecule has 4 nitrogen and oxygen atoms in total. The van der Waals surface area contributed by atoms with Gasteiger partial charge in [-0.15, -0.1) is 0 Å². The number of benzene rings is 1. The maximum Gasteiger partial charge on any atom is 0.321 e. The number of aliphatic carboxylic acids is 1. The minimum atomic E-state index is -0.729. The number of carboxylic acids is 1. The Kier molecular flexibility index (Phi) is 4.94. The Balaban J connectivity index is 2.20. The molecule has 0 spiro atoms. The summed E-state index contributed by atoms with van der Waals surface area (Å²) in [6.45, 7) is 5.55. The van der Waals surface area contributed by atoms with Crippen LogP contribution in [-0.4, -0.2) is 35.7 Å². The van der Waals surface area contributed by atoms with Crippen molar-refractivity contribution in [2.24, 2.45) is 5.41 Å². The van der Waals surface area contributed by atoms with Gasteiger partial charge in [-0.3, -0.25) is 9.69 Å². The highest BCUT2D eigenvalue weighted by molar-refractivity contribution is 9.10. The van der Waals surface area contributed by atoms with E-state index in [0.717, 1.165) is 35.2 Å². The Morgan fingerprint density at radius 2 is 2.24 bits per heavy atom. The van der Waals surface area contributed by atoms with Gasteiger partial charge in [0.1, 0.15) is 11.8 Å². The zero-order valence-electron chi connectivity index (χ0n) is 12.7. The van der Waals surface area contributed by atoms with E-state index in [1.807, 2.05) is 32.0 Å². The van der Waals surface area contributed by atoms with Gasteiger partial charge in [0.05, 0.1) is 11.6 Å². The van der Waals surface area contributed by atoms with Crippen molar-refractivity contribution >= 4 is 21.9 Å². The maximum atomic E-state index is 11.7. The third kappa shape index (κ3) is 3.58. The Morgan fingerprint density at radius 3 is 2.81 bits per heavy atom. The predicted molar refractivity (Wildman–Crippen MR) is 85.5 cm³/mol. The molecule has 1 fully saturated rings. The Hall–Kier alpha value is -1.07. The number of methoxy groups -OCH3 is 1. The van der Waals surface area contributed by atoms with Crippen LogP contribution in [0.4, 0.5) is 0 Å². The lowest BCUT2D eigenvalue weighted by molar-refractivity contribution is -0.151. The number of rotatable bonds is 4. The first kappa shape index (κ1) is 16.3. The molecule has 0 radical (unpaired) electrons. The molecule has 21 heavy (non-hydrogen) atoms. The maximum absolute atomic E-state index is 11.7. The van der Waals surface area contributed by atoms with Gasteiger partial charge in [-0.05, 0) is 58.4 Å². The van der Waals surface area contributed by atoms with Crippen molar-refractivity contribution in [3.63, 3.8) is 0 Å². The molecule has 1 heterocycles. The van der Waals surface area contributed by atoms with Crippen LogP contribution in [0.3, 0.4) is 0 Å². The van der Waals surface area contributed by atoms with E-state index in [9.17, 15) is 9.90 Å². The van der Waals surface area contributed by atoms with Gasteiger partial charge in [0.25, 0.3) is 0 Å². The number of carboxylic acid groups (broad SMARTS) is 1. The van der Waals surface area contributed by atoms with Crippen molar-refractivity contribution in [1.29, 1.82) is 0 Å². The van der Waals surface area contributed by atoms with E-state index < -0.39 is 12.0 Å².